The summed E-state index contributed by atoms with van der Waals surface area (Å²) >= 11 is 0. The molecular weight excluding hydrogens is 258 g/mol. The fourth-order valence-corrected chi connectivity index (χ4v) is 1.44. The normalized spacial score (nSPS) is 11.5. The Kier molecular flexibility index (Phi) is 5.98. The van der Waals surface area contributed by atoms with Crippen LogP contribution in [0, 0.1) is 5.92 Å². The summed E-state index contributed by atoms with van der Waals surface area (Å²) in [5, 5.41) is 20.9. The molecule has 0 saturated heterocycles. The molecule has 1 aromatic carbocycles. The number of hydrogen-bond acceptors (Lipinski definition) is 4. The van der Waals surface area contributed by atoms with Gasteiger partial charge in [-0.3, -0.25) is 4.79 Å². The molecule has 0 radical (unpaired) electrons. The van der Waals surface area contributed by atoms with Crippen LogP contribution in [0.3, 0.4) is 0 Å². The smallest absolute Gasteiger partial charge is 0.251 e. The summed E-state index contributed by atoms with van der Waals surface area (Å²) < 4.78 is 5.53. The van der Waals surface area contributed by atoms with Gasteiger partial charge >= 0.3 is 0 Å². The van der Waals surface area contributed by atoms with Crippen LogP contribution in [-0.4, -0.2) is 41.5 Å². The Morgan fingerprint density at radius 3 is 2.25 bits per heavy atom. The van der Waals surface area contributed by atoms with Gasteiger partial charge in [0.2, 0.25) is 0 Å². The first-order chi connectivity index (χ1) is 9.40. The molecule has 0 bridgehead atoms. The molecule has 1 rings (SSSR count). The molecule has 0 heterocycles. The van der Waals surface area contributed by atoms with Crippen molar-refractivity contribution in [3.05, 3.63) is 29.8 Å². The summed E-state index contributed by atoms with van der Waals surface area (Å²) in [6, 6.07) is 6.76. The molecular formula is C15H23NO4. The largest absolute Gasteiger partial charge is 0.493 e. The number of aliphatic hydroxyl groups excluding tert-OH is 2. The van der Waals surface area contributed by atoms with Gasteiger partial charge in [0.05, 0.1) is 25.4 Å². The zero-order valence-electron chi connectivity index (χ0n) is 12.2. The van der Waals surface area contributed by atoms with Crippen molar-refractivity contribution in [2.75, 3.05) is 19.8 Å². The highest BCUT2D eigenvalue weighted by molar-refractivity contribution is 5.94. The Morgan fingerprint density at radius 1 is 1.25 bits per heavy atom. The van der Waals surface area contributed by atoms with E-state index in [1.165, 1.54) is 0 Å². The average molecular weight is 281 g/mol. The van der Waals surface area contributed by atoms with Crippen molar-refractivity contribution in [1.82, 2.24) is 5.32 Å². The minimum Gasteiger partial charge on any atom is -0.493 e. The van der Waals surface area contributed by atoms with Crippen LogP contribution in [0.4, 0.5) is 0 Å². The van der Waals surface area contributed by atoms with Gasteiger partial charge < -0.3 is 20.3 Å². The zero-order chi connectivity index (χ0) is 15.2. The molecule has 0 aliphatic rings. The minimum atomic E-state index is -1.02. The Bertz CT molecular complexity index is 424. The molecule has 0 atom stereocenters. The maximum atomic E-state index is 12.0. The van der Waals surface area contributed by atoms with Crippen LogP contribution >= 0.6 is 0 Å². The number of benzene rings is 1. The molecule has 20 heavy (non-hydrogen) atoms. The van der Waals surface area contributed by atoms with Crippen molar-refractivity contribution in [3.63, 3.8) is 0 Å². The van der Waals surface area contributed by atoms with Gasteiger partial charge in [-0.25, -0.2) is 0 Å². The van der Waals surface area contributed by atoms with E-state index in [4.69, 9.17) is 14.9 Å². The molecule has 0 saturated carbocycles. The van der Waals surface area contributed by atoms with Gasteiger partial charge in [-0.1, -0.05) is 13.8 Å². The van der Waals surface area contributed by atoms with E-state index in [1.54, 1.807) is 31.2 Å². The lowest BCUT2D eigenvalue weighted by atomic mass is 10.0. The second-order valence-corrected chi connectivity index (χ2v) is 5.56. The fraction of sp³-hybridized carbons (Fsp3) is 0.533. The lowest BCUT2D eigenvalue weighted by Crippen LogP contribution is -2.51. The number of carbonyl (C=O) groups is 1. The van der Waals surface area contributed by atoms with Gasteiger partial charge in [0.25, 0.3) is 5.91 Å². The van der Waals surface area contributed by atoms with Gasteiger partial charge in [-0.15, -0.1) is 0 Å². The third-order valence-corrected chi connectivity index (χ3v) is 2.81. The average Bonchev–Trinajstić information content (AvgIpc) is 2.45. The predicted octanol–water partition coefficient (Wildman–Crippen LogP) is 1.19. The van der Waals surface area contributed by atoms with E-state index >= 15 is 0 Å². The van der Waals surface area contributed by atoms with E-state index < -0.39 is 5.54 Å². The van der Waals surface area contributed by atoms with Gasteiger partial charge in [0, 0.05) is 5.56 Å². The van der Waals surface area contributed by atoms with Gasteiger partial charge in [0.15, 0.2) is 0 Å². The number of carbonyl (C=O) groups excluding carboxylic acids is 1. The third-order valence-electron chi connectivity index (χ3n) is 2.81. The monoisotopic (exact) mass is 281 g/mol. The van der Waals surface area contributed by atoms with E-state index in [0.717, 1.165) is 0 Å². The number of rotatable bonds is 7. The molecule has 5 nitrogen and oxygen atoms in total. The van der Waals surface area contributed by atoms with E-state index in [1.807, 2.05) is 0 Å². The van der Waals surface area contributed by atoms with Crippen LogP contribution in [0.1, 0.15) is 31.1 Å². The Morgan fingerprint density at radius 2 is 1.80 bits per heavy atom. The number of hydrogen-bond donors (Lipinski definition) is 3. The van der Waals surface area contributed by atoms with Crippen molar-refractivity contribution in [1.29, 1.82) is 0 Å². The lowest BCUT2D eigenvalue weighted by Gasteiger charge is -2.26. The van der Waals surface area contributed by atoms with Crippen molar-refractivity contribution >= 4 is 5.91 Å². The minimum absolute atomic E-state index is 0.329. The number of nitrogens with one attached hydrogen (secondary N) is 1. The molecule has 1 amide bonds. The van der Waals surface area contributed by atoms with E-state index in [0.29, 0.717) is 23.8 Å². The first-order valence-electron chi connectivity index (χ1n) is 6.67. The molecule has 0 unspecified atom stereocenters. The van der Waals surface area contributed by atoms with Crippen LogP contribution < -0.4 is 10.1 Å². The maximum Gasteiger partial charge on any atom is 0.251 e. The highest BCUT2D eigenvalue weighted by Crippen LogP contribution is 2.14. The SMILES string of the molecule is CC(C)COc1ccc(C(=O)NC(C)(CO)CO)cc1. The maximum absolute atomic E-state index is 12.0. The lowest BCUT2D eigenvalue weighted by molar-refractivity contribution is 0.0724. The molecule has 5 heteroatoms. The molecule has 0 aromatic heterocycles. The number of amides is 1. The molecule has 1 aromatic rings. The second kappa shape index (κ2) is 7.26. The van der Waals surface area contributed by atoms with Crippen LogP contribution in [0.2, 0.25) is 0 Å². The van der Waals surface area contributed by atoms with E-state index in [-0.39, 0.29) is 19.1 Å². The highest BCUT2D eigenvalue weighted by Gasteiger charge is 2.25. The van der Waals surface area contributed by atoms with Crippen molar-refractivity contribution < 1.29 is 19.7 Å². The van der Waals surface area contributed by atoms with Crippen molar-refractivity contribution in [2.45, 2.75) is 26.3 Å². The standard InChI is InChI=1S/C15H23NO4/c1-11(2)8-20-13-6-4-12(5-7-13)14(19)16-15(3,9-17)10-18/h4-7,11,17-18H,8-10H2,1-3H3,(H,16,19). The zero-order valence-corrected chi connectivity index (χ0v) is 12.2. The Labute approximate surface area is 119 Å². The third kappa shape index (κ3) is 4.83. The van der Waals surface area contributed by atoms with Crippen LogP contribution in [0.25, 0.3) is 0 Å². The van der Waals surface area contributed by atoms with E-state index in [9.17, 15) is 4.79 Å². The fourth-order valence-electron chi connectivity index (χ4n) is 1.44. The van der Waals surface area contributed by atoms with E-state index in [2.05, 4.69) is 19.2 Å². The summed E-state index contributed by atoms with van der Waals surface area (Å²) in [5.74, 6) is 0.807. The van der Waals surface area contributed by atoms with Gasteiger partial charge in [-0.2, -0.15) is 0 Å². The van der Waals surface area contributed by atoms with Gasteiger partial charge in [-0.05, 0) is 37.1 Å². The second-order valence-electron chi connectivity index (χ2n) is 5.56. The first kappa shape index (κ1) is 16.5. The molecule has 0 aliphatic heterocycles. The summed E-state index contributed by atoms with van der Waals surface area (Å²) in [5.41, 5.74) is -0.570. The summed E-state index contributed by atoms with van der Waals surface area (Å²) in [7, 11) is 0. The molecule has 0 fully saturated rings. The number of ether oxygens (including phenoxy) is 1. The number of aliphatic hydroxyl groups is 2. The Hall–Kier alpha value is -1.59. The topological polar surface area (TPSA) is 78.8 Å². The van der Waals surface area contributed by atoms with Crippen LogP contribution in [0.5, 0.6) is 5.75 Å². The van der Waals surface area contributed by atoms with Crippen molar-refractivity contribution in [2.24, 2.45) is 5.92 Å². The highest BCUT2D eigenvalue weighted by atomic mass is 16.5. The van der Waals surface area contributed by atoms with Crippen molar-refractivity contribution in [3.8, 4) is 5.75 Å². The van der Waals surface area contributed by atoms with Crippen LogP contribution in [0.15, 0.2) is 24.3 Å². The molecule has 0 aliphatic carbocycles. The molecule has 0 spiro atoms. The summed E-state index contributed by atoms with van der Waals surface area (Å²) in [6.07, 6.45) is 0. The van der Waals surface area contributed by atoms with Gasteiger partial charge in [0.1, 0.15) is 5.75 Å². The molecule has 112 valence electrons. The quantitative estimate of drug-likeness (QED) is 0.701. The summed E-state index contributed by atoms with van der Waals surface area (Å²) in [4.78, 5) is 12.0. The Balaban J connectivity index is 2.66. The first-order valence-corrected chi connectivity index (χ1v) is 6.67. The molecule has 3 N–H and O–H groups in total. The van der Waals surface area contributed by atoms with Crippen LogP contribution in [-0.2, 0) is 0 Å². The summed E-state index contributed by atoms with van der Waals surface area (Å²) in [6.45, 7) is 5.66. The predicted molar refractivity (Wildman–Crippen MR) is 76.8 cm³/mol.